The van der Waals surface area contributed by atoms with Gasteiger partial charge in [-0.25, -0.2) is 0 Å². The Morgan fingerprint density at radius 2 is 1.56 bits per heavy atom. The van der Waals surface area contributed by atoms with Crippen LogP contribution in [0.2, 0.25) is 0 Å². The largest absolute Gasteiger partial charge is 0.484 e. The molecule has 1 atom stereocenters. The Bertz CT molecular complexity index is 1140. The lowest BCUT2D eigenvalue weighted by atomic mass is 10.0. The van der Waals surface area contributed by atoms with E-state index in [1.807, 2.05) is 93.6 Å². The van der Waals surface area contributed by atoms with Crippen molar-refractivity contribution < 1.29 is 14.3 Å². The average Bonchev–Trinajstić information content (AvgIpc) is 2.87. The first-order chi connectivity index (χ1) is 17.2. The number of hydrogen-bond acceptors (Lipinski definition) is 3. The Balaban J connectivity index is 1.89. The highest BCUT2D eigenvalue weighted by Gasteiger charge is 2.30. The number of amides is 2. The van der Waals surface area contributed by atoms with Crippen molar-refractivity contribution >= 4 is 11.8 Å². The molecule has 2 amide bonds. The van der Waals surface area contributed by atoms with Gasteiger partial charge in [-0.1, -0.05) is 80.1 Å². The van der Waals surface area contributed by atoms with Crippen LogP contribution in [0.1, 0.15) is 41.7 Å². The zero-order chi connectivity index (χ0) is 26.1. The quantitative estimate of drug-likeness (QED) is 0.395. The summed E-state index contributed by atoms with van der Waals surface area (Å²) in [7, 11) is 0. The first-order valence-corrected chi connectivity index (χ1v) is 12.6. The molecule has 3 aromatic rings. The summed E-state index contributed by atoms with van der Waals surface area (Å²) in [6.45, 7) is 10.9. The highest BCUT2D eigenvalue weighted by Crippen LogP contribution is 2.19. The molecular formula is C31H38N2O3. The summed E-state index contributed by atoms with van der Waals surface area (Å²) in [5.41, 5.74) is 5.38. The number of benzene rings is 3. The van der Waals surface area contributed by atoms with Crippen LogP contribution in [-0.2, 0) is 22.6 Å². The smallest absolute Gasteiger partial charge is 0.261 e. The molecule has 0 aromatic heterocycles. The van der Waals surface area contributed by atoms with Gasteiger partial charge in [-0.3, -0.25) is 9.59 Å². The molecule has 3 rings (SSSR count). The van der Waals surface area contributed by atoms with Gasteiger partial charge in [0.15, 0.2) is 6.61 Å². The minimum Gasteiger partial charge on any atom is -0.484 e. The van der Waals surface area contributed by atoms with E-state index in [1.54, 1.807) is 4.90 Å². The molecule has 5 heteroatoms. The van der Waals surface area contributed by atoms with Crippen LogP contribution in [0.3, 0.4) is 0 Å². The van der Waals surface area contributed by atoms with Gasteiger partial charge >= 0.3 is 0 Å². The van der Waals surface area contributed by atoms with E-state index < -0.39 is 6.04 Å². The third-order valence-corrected chi connectivity index (χ3v) is 6.27. The summed E-state index contributed by atoms with van der Waals surface area (Å²) < 4.78 is 5.90. The van der Waals surface area contributed by atoms with E-state index >= 15 is 0 Å². The minimum atomic E-state index is -0.664. The van der Waals surface area contributed by atoms with E-state index in [1.165, 1.54) is 5.56 Å². The molecule has 0 aliphatic rings. The molecular weight excluding hydrogens is 448 g/mol. The molecule has 0 spiro atoms. The Morgan fingerprint density at radius 3 is 2.19 bits per heavy atom. The molecule has 0 heterocycles. The summed E-state index contributed by atoms with van der Waals surface area (Å²) in [6.07, 6.45) is 0.423. The van der Waals surface area contributed by atoms with Crippen LogP contribution in [-0.4, -0.2) is 35.9 Å². The summed E-state index contributed by atoms with van der Waals surface area (Å²) in [6, 6.07) is 23.0. The molecule has 0 saturated carbocycles. The maximum absolute atomic E-state index is 13.6. The molecule has 3 aromatic carbocycles. The molecule has 0 bridgehead atoms. The van der Waals surface area contributed by atoms with Crippen molar-refractivity contribution in [1.82, 2.24) is 10.2 Å². The molecule has 0 aliphatic carbocycles. The van der Waals surface area contributed by atoms with Crippen molar-refractivity contribution in [2.45, 2.75) is 53.6 Å². The van der Waals surface area contributed by atoms with Crippen molar-refractivity contribution in [3.05, 3.63) is 101 Å². The van der Waals surface area contributed by atoms with Gasteiger partial charge in [-0.05, 0) is 61.1 Å². The predicted octanol–water partition coefficient (Wildman–Crippen LogP) is 5.40. The lowest BCUT2D eigenvalue weighted by Crippen LogP contribution is -2.52. The summed E-state index contributed by atoms with van der Waals surface area (Å²) in [5.74, 6) is 0.569. The monoisotopic (exact) mass is 486 g/mol. The van der Waals surface area contributed by atoms with Crippen molar-refractivity contribution in [3.63, 3.8) is 0 Å². The number of ether oxygens (including phenoxy) is 1. The number of hydrogen-bond donors (Lipinski definition) is 1. The fourth-order valence-corrected chi connectivity index (χ4v) is 3.90. The van der Waals surface area contributed by atoms with E-state index in [4.69, 9.17) is 4.74 Å². The molecule has 0 unspecified atom stereocenters. The molecule has 1 N–H and O–H groups in total. The molecule has 0 radical (unpaired) electrons. The van der Waals surface area contributed by atoms with Crippen LogP contribution in [0.4, 0.5) is 0 Å². The fourth-order valence-electron chi connectivity index (χ4n) is 3.90. The van der Waals surface area contributed by atoms with Gasteiger partial charge in [0.25, 0.3) is 5.91 Å². The topological polar surface area (TPSA) is 58.6 Å². The van der Waals surface area contributed by atoms with Crippen molar-refractivity contribution in [3.8, 4) is 5.75 Å². The summed E-state index contributed by atoms with van der Waals surface area (Å²) in [5, 5.41) is 3.05. The predicted molar refractivity (Wildman–Crippen MR) is 145 cm³/mol. The first-order valence-electron chi connectivity index (χ1n) is 12.6. The number of nitrogens with zero attached hydrogens (tertiary/aromatic N) is 1. The zero-order valence-electron chi connectivity index (χ0n) is 22.1. The van der Waals surface area contributed by atoms with Crippen LogP contribution < -0.4 is 10.1 Å². The van der Waals surface area contributed by atoms with E-state index in [0.717, 1.165) is 22.3 Å². The lowest BCUT2D eigenvalue weighted by molar-refractivity contribution is -0.142. The van der Waals surface area contributed by atoms with Gasteiger partial charge in [0.2, 0.25) is 5.91 Å². The van der Waals surface area contributed by atoms with Crippen molar-refractivity contribution in [2.24, 2.45) is 5.92 Å². The van der Waals surface area contributed by atoms with Gasteiger partial charge in [0.1, 0.15) is 11.8 Å². The highest BCUT2D eigenvalue weighted by atomic mass is 16.5. The van der Waals surface area contributed by atoms with E-state index in [0.29, 0.717) is 31.2 Å². The second-order valence-electron chi connectivity index (χ2n) is 9.89. The first kappa shape index (κ1) is 27.0. The van der Waals surface area contributed by atoms with Crippen LogP contribution in [0, 0.1) is 26.7 Å². The van der Waals surface area contributed by atoms with Crippen molar-refractivity contribution in [2.75, 3.05) is 13.2 Å². The molecule has 36 heavy (non-hydrogen) atoms. The maximum atomic E-state index is 13.6. The molecule has 0 fully saturated rings. The lowest BCUT2D eigenvalue weighted by Gasteiger charge is -2.31. The summed E-state index contributed by atoms with van der Waals surface area (Å²) >= 11 is 0. The maximum Gasteiger partial charge on any atom is 0.261 e. The Morgan fingerprint density at radius 1 is 0.861 bits per heavy atom. The normalized spacial score (nSPS) is 11.7. The Labute approximate surface area is 215 Å². The van der Waals surface area contributed by atoms with Gasteiger partial charge in [0, 0.05) is 19.5 Å². The Hall–Kier alpha value is -3.60. The number of nitrogens with one attached hydrogen (secondary N) is 1. The summed E-state index contributed by atoms with van der Waals surface area (Å²) in [4.78, 5) is 28.7. The van der Waals surface area contributed by atoms with Gasteiger partial charge in [0.05, 0.1) is 0 Å². The second-order valence-corrected chi connectivity index (χ2v) is 9.89. The Kier molecular flexibility index (Phi) is 9.69. The highest BCUT2D eigenvalue weighted by molar-refractivity contribution is 5.88. The van der Waals surface area contributed by atoms with Gasteiger partial charge in [-0.2, -0.15) is 0 Å². The third-order valence-electron chi connectivity index (χ3n) is 6.27. The number of carbonyl (C=O) groups is 2. The van der Waals surface area contributed by atoms with E-state index in [9.17, 15) is 9.59 Å². The SMILES string of the molecule is Cc1ccc(CN(C(=O)COc2ccc(C)c(C)c2)[C@@H](Cc2ccccc2)C(=O)NCC(C)C)cc1. The molecule has 0 aliphatic heterocycles. The van der Waals surface area contributed by atoms with Crippen LogP contribution in [0.15, 0.2) is 72.8 Å². The van der Waals surface area contributed by atoms with E-state index in [2.05, 4.69) is 19.2 Å². The minimum absolute atomic E-state index is 0.142. The number of carbonyl (C=O) groups excluding carboxylic acids is 2. The molecule has 5 nitrogen and oxygen atoms in total. The third kappa shape index (κ3) is 7.98. The molecule has 190 valence electrons. The number of rotatable bonds is 11. The van der Waals surface area contributed by atoms with Crippen LogP contribution in [0.5, 0.6) is 5.75 Å². The standard InChI is InChI=1S/C31H38N2O3/c1-22(2)19-32-31(35)29(18-26-9-7-6-8-10-26)33(20-27-14-11-23(3)12-15-27)30(34)21-36-28-16-13-24(4)25(5)17-28/h6-17,22,29H,18-21H2,1-5H3,(H,32,35)/t29-/m0/s1. The van der Waals surface area contributed by atoms with Gasteiger partial charge in [-0.15, -0.1) is 0 Å². The average molecular weight is 487 g/mol. The van der Waals surface area contributed by atoms with E-state index in [-0.39, 0.29) is 18.4 Å². The van der Waals surface area contributed by atoms with Crippen LogP contribution in [0.25, 0.3) is 0 Å². The zero-order valence-corrected chi connectivity index (χ0v) is 22.1. The fraction of sp³-hybridized carbons (Fsp3) is 0.355. The molecule has 0 saturated heterocycles. The number of aryl methyl sites for hydroxylation is 3. The van der Waals surface area contributed by atoms with Crippen molar-refractivity contribution in [1.29, 1.82) is 0 Å². The second kappa shape index (κ2) is 12.9. The van der Waals surface area contributed by atoms with Gasteiger partial charge < -0.3 is 15.0 Å². The van der Waals surface area contributed by atoms with Crippen LogP contribution >= 0.6 is 0 Å².